The van der Waals surface area contributed by atoms with Gasteiger partial charge in [-0.15, -0.1) is 11.6 Å². The largest absolute Gasteiger partial charge is 0.493 e. The maximum Gasteiger partial charge on any atom is 0.119 e. The molecule has 0 bridgehead atoms. The van der Waals surface area contributed by atoms with E-state index in [1.54, 1.807) is 24.3 Å². The Morgan fingerprint density at radius 2 is 1.76 bits per heavy atom. The summed E-state index contributed by atoms with van der Waals surface area (Å²) < 4.78 is 5.52. The van der Waals surface area contributed by atoms with Crippen LogP contribution in [0.5, 0.6) is 5.75 Å². The summed E-state index contributed by atoms with van der Waals surface area (Å²) in [7, 11) is 0. The zero-order valence-corrected chi connectivity index (χ0v) is 10.9. The standard InChI is InChI=1S/C13H19ClO3/c1-9(2)8-17-11-5-3-10(4-6-11)13(16)12(15)7-14/h3-6,9,12-13,15-16H,7-8H2,1-2H3. The first-order valence-corrected chi connectivity index (χ1v) is 6.23. The smallest absolute Gasteiger partial charge is 0.119 e. The number of aliphatic hydroxyl groups excluding tert-OH is 2. The van der Waals surface area contributed by atoms with E-state index in [1.165, 1.54) is 0 Å². The van der Waals surface area contributed by atoms with Crippen LogP contribution < -0.4 is 4.74 Å². The molecule has 0 saturated heterocycles. The Morgan fingerprint density at radius 1 is 1.18 bits per heavy atom. The van der Waals surface area contributed by atoms with E-state index in [0.717, 1.165) is 5.75 Å². The predicted molar refractivity (Wildman–Crippen MR) is 68.5 cm³/mol. The fraction of sp³-hybridized carbons (Fsp3) is 0.538. The molecule has 0 heterocycles. The van der Waals surface area contributed by atoms with Gasteiger partial charge in [0, 0.05) is 0 Å². The highest BCUT2D eigenvalue weighted by atomic mass is 35.5. The molecule has 1 aromatic carbocycles. The average molecular weight is 259 g/mol. The van der Waals surface area contributed by atoms with Gasteiger partial charge in [-0.25, -0.2) is 0 Å². The lowest BCUT2D eigenvalue weighted by atomic mass is 10.1. The summed E-state index contributed by atoms with van der Waals surface area (Å²) in [5.41, 5.74) is 0.634. The van der Waals surface area contributed by atoms with Crippen LogP contribution >= 0.6 is 11.6 Å². The van der Waals surface area contributed by atoms with Gasteiger partial charge in [-0.1, -0.05) is 26.0 Å². The molecule has 0 aromatic heterocycles. The molecule has 1 aromatic rings. The van der Waals surface area contributed by atoms with Gasteiger partial charge in [-0.3, -0.25) is 0 Å². The summed E-state index contributed by atoms with van der Waals surface area (Å²) >= 11 is 5.48. The van der Waals surface area contributed by atoms with Gasteiger partial charge in [-0.2, -0.15) is 0 Å². The van der Waals surface area contributed by atoms with Gasteiger partial charge in [0.1, 0.15) is 11.9 Å². The first-order valence-electron chi connectivity index (χ1n) is 5.69. The van der Waals surface area contributed by atoms with Crippen molar-refractivity contribution in [1.82, 2.24) is 0 Å². The first-order chi connectivity index (χ1) is 8.04. The topological polar surface area (TPSA) is 49.7 Å². The third-order valence-corrected chi connectivity index (χ3v) is 2.64. The Hall–Kier alpha value is -0.770. The van der Waals surface area contributed by atoms with Crippen LogP contribution in [0.4, 0.5) is 0 Å². The molecule has 17 heavy (non-hydrogen) atoms. The minimum absolute atomic E-state index is 0.00671. The third kappa shape index (κ3) is 4.54. The quantitative estimate of drug-likeness (QED) is 0.770. The van der Waals surface area contributed by atoms with E-state index in [-0.39, 0.29) is 5.88 Å². The van der Waals surface area contributed by atoms with Crippen LogP contribution in [0.25, 0.3) is 0 Å². The van der Waals surface area contributed by atoms with E-state index in [2.05, 4.69) is 13.8 Å². The van der Waals surface area contributed by atoms with Crippen molar-refractivity contribution in [2.45, 2.75) is 26.1 Å². The number of hydrogen-bond donors (Lipinski definition) is 2. The molecule has 1 rings (SSSR count). The van der Waals surface area contributed by atoms with Crippen LogP contribution in [0.3, 0.4) is 0 Å². The van der Waals surface area contributed by atoms with Gasteiger partial charge in [0.2, 0.25) is 0 Å². The summed E-state index contributed by atoms with van der Waals surface area (Å²) in [6.45, 7) is 4.82. The Bertz CT molecular complexity index is 324. The van der Waals surface area contributed by atoms with Crippen LogP contribution in [0.2, 0.25) is 0 Å². The molecule has 3 nitrogen and oxygen atoms in total. The molecule has 4 heteroatoms. The minimum atomic E-state index is -0.952. The summed E-state index contributed by atoms with van der Waals surface area (Å²) in [5, 5.41) is 19.1. The fourth-order valence-corrected chi connectivity index (χ4v) is 1.50. The molecule has 0 spiro atoms. The Labute approximate surface area is 107 Å². The monoisotopic (exact) mass is 258 g/mol. The van der Waals surface area contributed by atoms with Gasteiger partial charge >= 0.3 is 0 Å². The fourth-order valence-electron chi connectivity index (χ4n) is 1.33. The summed E-state index contributed by atoms with van der Waals surface area (Å²) in [4.78, 5) is 0. The number of hydrogen-bond acceptors (Lipinski definition) is 3. The highest BCUT2D eigenvalue weighted by molar-refractivity contribution is 6.18. The van der Waals surface area contributed by atoms with Crippen LogP contribution in [-0.2, 0) is 0 Å². The number of halogens is 1. The number of ether oxygens (including phenoxy) is 1. The molecule has 0 amide bonds. The first kappa shape index (κ1) is 14.3. The maximum absolute atomic E-state index is 9.72. The van der Waals surface area contributed by atoms with Crippen molar-refractivity contribution >= 4 is 11.6 Å². The Kier molecular flexibility index (Phi) is 5.75. The predicted octanol–water partition coefficient (Wildman–Crippen LogP) is 2.35. The van der Waals surface area contributed by atoms with Crippen molar-refractivity contribution in [1.29, 1.82) is 0 Å². The highest BCUT2D eigenvalue weighted by Gasteiger charge is 2.16. The van der Waals surface area contributed by atoms with Crippen molar-refractivity contribution in [2.75, 3.05) is 12.5 Å². The van der Waals surface area contributed by atoms with Crippen LogP contribution in [-0.4, -0.2) is 28.8 Å². The molecular weight excluding hydrogens is 240 g/mol. The van der Waals surface area contributed by atoms with Crippen molar-refractivity contribution in [3.8, 4) is 5.75 Å². The zero-order chi connectivity index (χ0) is 12.8. The third-order valence-electron chi connectivity index (χ3n) is 2.33. The van der Waals surface area contributed by atoms with Gasteiger partial charge < -0.3 is 14.9 Å². The molecule has 96 valence electrons. The molecular formula is C13H19ClO3. The second-order valence-electron chi connectivity index (χ2n) is 4.44. The number of alkyl halides is 1. The van der Waals surface area contributed by atoms with E-state index in [1.807, 2.05) is 0 Å². The van der Waals surface area contributed by atoms with Crippen molar-refractivity contribution in [3.05, 3.63) is 29.8 Å². The highest BCUT2D eigenvalue weighted by Crippen LogP contribution is 2.21. The van der Waals surface area contributed by atoms with Gasteiger partial charge in [0.05, 0.1) is 18.6 Å². The molecule has 2 N–H and O–H groups in total. The zero-order valence-electron chi connectivity index (χ0n) is 10.1. The van der Waals surface area contributed by atoms with E-state index in [0.29, 0.717) is 18.1 Å². The maximum atomic E-state index is 9.72. The lowest BCUT2D eigenvalue weighted by molar-refractivity contribution is 0.0327. The van der Waals surface area contributed by atoms with E-state index >= 15 is 0 Å². The molecule has 2 atom stereocenters. The molecule has 2 unspecified atom stereocenters. The summed E-state index contributed by atoms with van der Waals surface area (Å²) in [5.74, 6) is 1.24. The lowest BCUT2D eigenvalue weighted by Crippen LogP contribution is -2.19. The summed E-state index contributed by atoms with van der Waals surface area (Å²) in [6, 6.07) is 7.02. The second kappa shape index (κ2) is 6.84. The normalized spacial score (nSPS) is 14.7. The molecule has 0 radical (unpaired) electrons. The number of aliphatic hydroxyl groups is 2. The average Bonchev–Trinajstić information content (AvgIpc) is 2.35. The van der Waals surface area contributed by atoms with Gasteiger partial charge in [-0.05, 0) is 23.6 Å². The van der Waals surface area contributed by atoms with Gasteiger partial charge in [0.15, 0.2) is 0 Å². The molecule has 0 aliphatic heterocycles. The molecule has 0 aliphatic rings. The molecule has 0 aliphatic carbocycles. The van der Waals surface area contributed by atoms with Crippen molar-refractivity contribution in [2.24, 2.45) is 5.92 Å². The van der Waals surface area contributed by atoms with E-state index in [9.17, 15) is 10.2 Å². The number of rotatable bonds is 6. The summed E-state index contributed by atoms with van der Waals surface area (Å²) in [6.07, 6.45) is -1.90. The minimum Gasteiger partial charge on any atom is -0.493 e. The van der Waals surface area contributed by atoms with Crippen molar-refractivity contribution in [3.63, 3.8) is 0 Å². The van der Waals surface area contributed by atoms with Crippen LogP contribution in [0, 0.1) is 5.92 Å². The number of benzene rings is 1. The molecule has 0 saturated carbocycles. The van der Waals surface area contributed by atoms with Crippen LogP contribution in [0.15, 0.2) is 24.3 Å². The lowest BCUT2D eigenvalue weighted by Gasteiger charge is -2.16. The molecule has 0 fully saturated rings. The SMILES string of the molecule is CC(C)COc1ccc(C(O)C(O)CCl)cc1. The van der Waals surface area contributed by atoms with E-state index < -0.39 is 12.2 Å². The Balaban J connectivity index is 2.61. The van der Waals surface area contributed by atoms with Crippen molar-refractivity contribution < 1.29 is 14.9 Å². The van der Waals surface area contributed by atoms with Crippen LogP contribution in [0.1, 0.15) is 25.5 Å². The van der Waals surface area contributed by atoms with E-state index in [4.69, 9.17) is 16.3 Å². The van der Waals surface area contributed by atoms with Gasteiger partial charge in [0.25, 0.3) is 0 Å². The Morgan fingerprint density at radius 3 is 2.24 bits per heavy atom. The second-order valence-corrected chi connectivity index (χ2v) is 4.75.